The first-order valence-electron chi connectivity index (χ1n) is 7.89. The lowest BCUT2D eigenvalue weighted by molar-refractivity contribution is 0.0311. The Labute approximate surface area is 149 Å². The van der Waals surface area contributed by atoms with Crippen LogP contribution in [-0.2, 0) is 9.47 Å². The standard InChI is InChI=1S/C18H20N2O6/c1-8-14(18(24)25-5)9(2)20-15(8)16(22)11(4)26-17(23)13-6-12(7-19-13)10(3)21/h6-7,11,19-20H,1-5H3/t11-/m0/s1. The summed E-state index contributed by atoms with van der Waals surface area (Å²) in [5, 5.41) is 0. The van der Waals surface area contributed by atoms with E-state index in [-0.39, 0.29) is 22.7 Å². The van der Waals surface area contributed by atoms with E-state index in [4.69, 9.17) is 9.47 Å². The number of esters is 2. The van der Waals surface area contributed by atoms with Gasteiger partial charge in [-0.2, -0.15) is 0 Å². The zero-order valence-electron chi connectivity index (χ0n) is 15.2. The molecule has 0 saturated heterocycles. The first-order chi connectivity index (χ1) is 12.2. The third-order valence-electron chi connectivity index (χ3n) is 4.04. The Bertz CT molecular complexity index is 890. The molecule has 2 heterocycles. The number of carbonyl (C=O) groups is 4. The second kappa shape index (κ2) is 7.38. The van der Waals surface area contributed by atoms with Crippen LogP contribution in [0.15, 0.2) is 12.3 Å². The highest BCUT2D eigenvalue weighted by Crippen LogP contribution is 2.21. The smallest absolute Gasteiger partial charge is 0.355 e. The van der Waals surface area contributed by atoms with Crippen molar-refractivity contribution in [3.05, 3.63) is 46.0 Å². The van der Waals surface area contributed by atoms with Gasteiger partial charge in [-0.05, 0) is 39.3 Å². The molecular weight excluding hydrogens is 340 g/mol. The van der Waals surface area contributed by atoms with E-state index in [2.05, 4.69) is 9.97 Å². The van der Waals surface area contributed by atoms with Gasteiger partial charge in [0.25, 0.3) is 0 Å². The number of hydrogen-bond acceptors (Lipinski definition) is 6. The highest BCUT2D eigenvalue weighted by atomic mass is 16.5. The number of aryl methyl sites for hydroxylation is 1. The zero-order chi connectivity index (χ0) is 19.6. The Hall–Kier alpha value is -3.16. The lowest BCUT2D eigenvalue weighted by Crippen LogP contribution is -2.25. The number of aromatic amines is 2. The molecule has 0 radical (unpaired) electrons. The predicted molar refractivity (Wildman–Crippen MR) is 91.6 cm³/mol. The fourth-order valence-corrected chi connectivity index (χ4v) is 2.60. The maximum atomic E-state index is 12.6. The second-order valence-electron chi connectivity index (χ2n) is 5.89. The van der Waals surface area contributed by atoms with Gasteiger partial charge in [-0.1, -0.05) is 0 Å². The normalized spacial score (nSPS) is 11.7. The number of aromatic nitrogens is 2. The van der Waals surface area contributed by atoms with Crippen molar-refractivity contribution in [3.63, 3.8) is 0 Å². The van der Waals surface area contributed by atoms with Crippen molar-refractivity contribution in [1.29, 1.82) is 0 Å². The van der Waals surface area contributed by atoms with Gasteiger partial charge in [0.1, 0.15) is 5.69 Å². The van der Waals surface area contributed by atoms with Crippen molar-refractivity contribution in [1.82, 2.24) is 9.97 Å². The Morgan fingerprint density at radius 1 is 1.12 bits per heavy atom. The first-order valence-corrected chi connectivity index (χ1v) is 7.89. The van der Waals surface area contributed by atoms with Crippen LogP contribution in [0, 0.1) is 13.8 Å². The van der Waals surface area contributed by atoms with Crippen LogP contribution >= 0.6 is 0 Å². The number of hydrogen-bond donors (Lipinski definition) is 2. The molecule has 8 heteroatoms. The summed E-state index contributed by atoms with van der Waals surface area (Å²) in [6, 6.07) is 1.36. The van der Waals surface area contributed by atoms with Gasteiger partial charge in [-0.3, -0.25) is 9.59 Å². The van der Waals surface area contributed by atoms with Crippen molar-refractivity contribution in [3.8, 4) is 0 Å². The van der Waals surface area contributed by atoms with Crippen LogP contribution in [0.3, 0.4) is 0 Å². The number of ketones is 2. The number of ether oxygens (including phenoxy) is 2. The number of carbonyl (C=O) groups excluding carboxylic acids is 4. The molecule has 0 aliphatic carbocycles. The van der Waals surface area contributed by atoms with Crippen LogP contribution < -0.4 is 0 Å². The molecule has 1 atom stereocenters. The van der Waals surface area contributed by atoms with E-state index < -0.39 is 23.8 Å². The molecule has 0 aromatic carbocycles. The number of H-pyrrole nitrogens is 2. The molecule has 0 aliphatic rings. The predicted octanol–water partition coefficient (Wildman–Crippen LogP) is 2.38. The molecule has 0 fully saturated rings. The van der Waals surface area contributed by atoms with Gasteiger partial charge in [0.15, 0.2) is 11.9 Å². The quantitative estimate of drug-likeness (QED) is 0.603. The Morgan fingerprint density at radius 2 is 1.77 bits per heavy atom. The molecule has 2 aromatic heterocycles. The number of methoxy groups -OCH3 is 1. The lowest BCUT2D eigenvalue weighted by Gasteiger charge is -2.11. The van der Waals surface area contributed by atoms with E-state index in [1.165, 1.54) is 33.2 Å². The minimum absolute atomic E-state index is 0.0736. The van der Waals surface area contributed by atoms with Crippen molar-refractivity contribution in [2.75, 3.05) is 7.11 Å². The average molecular weight is 360 g/mol. The van der Waals surface area contributed by atoms with Gasteiger partial charge in [0, 0.05) is 17.5 Å². The molecule has 2 rings (SSSR count). The van der Waals surface area contributed by atoms with Crippen molar-refractivity contribution in [2.45, 2.75) is 33.8 Å². The SMILES string of the molecule is COC(=O)c1c(C)[nH]c(C(=O)[C@H](C)OC(=O)c2cc(C(C)=O)c[nH]2)c1C. The maximum absolute atomic E-state index is 12.6. The largest absolute Gasteiger partial charge is 0.465 e. The summed E-state index contributed by atoms with van der Waals surface area (Å²) in [5.74, 6) is -1.99. The molecule has 138 valence electrons. The molecule has 8 nitrogen and oxygen atoms in total. The van der Waals surface area contributed by atoms with E-state index in [9.17, 15) is 19.2 Å². The lowest BCUT2D eigenvalue weighted by atomic mass is 10.1. The van der Waals surface area contributed by atoms with Crippen LogP contribution in [0.5, 0.6) is 0 Å². The summed E-state index contributed by atoms with van der Waals surface area (Å²) in [7, 11) is 1.26. The van der Waals surface area contributed by atoms with E-state index in [1.807, 2.05) is 0 Å². The van der Waals surface area contributed by atoms with Crippen LogP contribution in [-0.4, -0.2) is 46.7 Å². The minimum atomic E-state index is -1.09. The van der Waals surface area contributed by atoms with Crippen LogP contribution in [0.25, 0.3) is 0 Å². The van der Waals surface area contributed by atoms with Crippen LogP contribution in [0.1, 0.15) is 66.8 Å². The third-order valence-corrected chi connectivity index (χ3v) is 4.04. The molecule has 26 heavy (non-hydrogen) atoms. The van der Waals surface area contributed by atoms with Gasteiger partial charge < -0.3 is 19.4 Å². The molecule has 0 unspecified atom stereocenters. The van der Waals surface area contributed by atoms with Crippen molar-refractivity contribution in [2.24, 2.45) is 0 Å². The summed E-state index contributed by atoms with van der Waals surface area (Å²) < 4.78 is 9.88. The Kier molecular flexibility index (Phi) is 5.44. The van der Waals surface area contributed by atoms with E-state index in [0.29, 0.717) is 16.8 Å². The molecule has 2 aromatic rings. The topological polar surface area (TPSA) is 118 Å². The van der Waals surface area contributed by atoms with Crippen molar-refractivity contribution >= 4 is 23.5 Å². The summed E-state index contributed by atoms with van der Waals surface area (Å²) in [4.78, 5) is 53.3. The van der Waals surface area contributed by atoms with Gasteiger partial charge in [0.05, 0.1) is 18.4 Å². The molecule has 0 spiro atoms. The number of nitrogens with one attached hydrogen (secondary N) is 2. The highest BCUT2D eigenvalue weighted by molar-refractivity contribution is 6.04. The monoisotopic (exact) mass is 360 g/mol. The molecule has 0 amide bonds. The van der Waals surface area contributed by atoms with Crippen LogP contribution in [0.2, 0.25) is 0 Å². The highest BCUT2D eigenvalue weighted by Gasteiger charge is 2.28. The average Bonchev–Trinajstić information content (AvgIpc) is 3.19. The number of Topliss-reactive ketones (excluding diaryl/α,β-unsaturated/α-hetero) is 2. The Balaban J connectivity index is 2.18. The first kappa shape index (κ1) is 19.2. The number of rotatable bonds is 6. The van der Waals surface area contributed by atoms with Gasteiger partial charge in [-0.25, -0.2) is 9.59 Å². The summed E-state index contributed by atoms with van der Waals surface area (Å²) in [6.45, 7) is 6.07. The Morgan fingerprint density at radius 3 is 2.31 bits per heavy atom. The molecule has 0 saturated carbocycles. The molecule has 0 aliphatic heterocycles. The minimum Gasteiger partial charge on any atom is -0.465 e. The van der Waals surface area contributed by atoms with Gasteiger partial charge in [-0.15, -0.1) is 0 Å². The summed E-state index contributed by atoms with van der Waals surface area (Å²) in [5.41, 5.74) is 1.80. The van der Waals surface area contributed by atoms with Gasteiger partial charge in [0.2, 0.25) is 5.78 Å². The summed E-state index contributed by atoms with van der Waals surface area (Å²) >= 11 is 0. The fraction of sp³-hybridized carbons (Fsp3) is 0.333. The van der Waals surface area contributed by atoms with Crippen molar-refractivity contribution < 1.29 is 28.7 Å². The van der Waals surface area contributed by atoms with Gasteiger partial charge >= 0.3 is 11.9 Å². The van der Waals surface area contributed by atoms with E-state index in [1.54, 1.807) is 13.8 Å². The fourth-order valence-electron chi connectivity index (χ4n) is 2.60. The van der Waals surface area contributed by atoms with E-state index >= 15 is 0 Å². The molecule has 0 bridgehead atoms. The third kappa shape index (κ3) is 3.58. The molecular formula is C18H20N2O6. The molecule has 2 N–H and O–H groups in total. The van der Waals surface area contributed by atoms with Crippen LogP contribution in [0.4, 0.5) is 0 Å². The zero-order valence-corrected chi connectivity index (χ0v) is 15.2. The van der Waals surface area contributed by atoms with E-state index in [0.717, 1.165) is 0 Å². The maximum Gasteiger partial charge on any atom is 0.355 e. The second-order valence-corrected chi connectivity index (χ2v) is 5.89. The summed E-state index contributed by atoms with van der Waals surface area (Å²) in [6.07, 6.45) is 0.306.